The molecule has 1 unspecified atom stereocenters. The zero-order valence-corrected chi connectivity index (χ0v) is 12.1. The number of nitrogens with zero attached hydrogens (tertiary/aromatic N) is 2. The first kappa shape index (κ1) is 13.6. The first-order chi connectivity index (χ1) is 9.86. The number of piperidine rings is 1. The first-order valence-corrected chi connectivity index (χ1v) is 7.60. The Balaban J connectivity index is 1.70. The molecule has 1 fully saturated rings. The van der Waals surface area contributed by atoms with Crippen LogP contribution in [0.2, 0.25) is 0 Å². The Kier molecular flexibility index (Phi) is 4.33. The summed E-state index contributed by atoms with van der Waals surface area (Å²) in [4.78, 5) is 7.13. The Morgan fingerprint density at radius 3 is 3.10 bits per heavy atom. The van der Waals surface area contributed by atoms with Crippen LogP contribution in [0.15, 0.2) is 28.7 Å². The number of oxazole rings is 1. The third kappa shape index (κ3) is 3.02. The lowest BCUT2D eigenvalue weighted by Crippen LogP contribution is -2.40. The fourth-order valence-electron chi connectivity index (χ4n) is 3.07. The van der Waals surface area contributed by atoms with Crippen LogP contribution >= 0.6 is 0 Å². The molecule has 4 nitrogen and oxygen atoms in total. The van der Waals surface area contributed by atoms with Crippen molar-refractivity contribution in [2.45, 2.75) is 38.3 Å². The summed E-state index contributed by atoms with van der Waals surface area (Å²) >= 11 is 0. The highest BCUT2D eigenvalue weighted by Crippen LogP contribution is 2.23. The van der Waals surface area contributed by atoms with Crippen LogP contribution in [0.25, 0.3) is 11.1 Å². The minimum atomic E-state index is 0.659. The number of para-hydroxylation sites is 2. The maximum Gasteiger partial charge on any atom is 0.209 e. The number of nitrogens with one attached hydrogen (secondary N) is 1. The van der Waals surface area contributed by atoms with E-state index in [0.717, 1.165) is 36.6 Å². The molecule has 2 heterocycles. The highest BCUT2D eigenvalue weighted by molar-refractivity contribution is 5.72. The molecule has 20 heavy (non-hydrogen) atoms. The van der Waals surface area contributed by atoms with E-state index in [4.69, 9.17) is 4.42 Å². The molecule has 1 atom stereocenters. The quantitative estimate of drug-likeness (QED) is 0.909. The smallest absolute Gasteiger partial charge is 0.209 e. The second-order valence-electron chi connectivity index (χ2n) is 5.59. The number of hydrogen-bond acceptors (Lipinski definition) is 4. The van der Waals surface area contributed by atoms with Crippen molar-refractivity contribution in [3.8, 4) is 0 Å². The van der Waals surface area contributed by atoms with Gasteiger partial charge in [0.1, 0.15) is 5.52 Å². The molecule has 0 spiro atoms. The van der Waals surface area contributed by atoms with Crippen molar-refractivity contribution < 1.29 is 4.42 Å². The van der Waals surface area contributed by atoms with Gasteiger partial charge in [-0.25, -0.2) is 4.98 Å². The van der Waals surface area contributed by atoms with Crippen LogP contribution in [-0.4, -0.2) is 36.1 Å². The molecule has 1 aromatic carbocycles. The largest absolute Gasteiger partial charge is 0.439 e. The zero-order valence-electron chi connectivity index (χ0n) is 12.1. The lowest BCUT2D eigenvalue weighted by molar-refractivity contribution is 0.121. The summed E-state index contributed by atoms with van der Waals surface area (Å²) in [6, 6.07) is 8.66. The maximum atomic E-state index is 5.86. The fourth-order valence-corrected chi connectivity index (χ4v) is 3.07. The van der Waals surface area contributed by atoms with Crippen molar-refractivity contribution in [1.82, 2.24) is 15.2 Å². The monoisotopic (exact) mass is 273 g/mol. The van der Waals surface area contributed by atoms with Gasteiger partial charge in [-0.3, -0.25) is 4.90 Å². The molecule has 1 saturated heterocycles. The van der Waals surface area contributed by atoms with Crippen molar-refractivity contribution in [2.24, 2.45) is 0 Å². The topological polar surface area (TPSA) is 41.3 Å². The molecule has 1 N–H and O–H groups in total. The predicted molar refractivity (Wildman–Crippen MR) is 80.6 cm³/mol. The van der Waals surface area contributed by atoms with E-state index in [-0.39, 0.29) is 0 Å². The van der Waals surface area contributed by atoms with Crippen molar-refractivity contribution >= 4 is 11.1 Å². The van der Waals surface area contributed by atoms with E-state index >= 15 is 0 Å². The van der Waals surface area contributed by atoms with Crippen LogP contribution in [0.4, 0.5) is 0 Å². The van der Waals surface area contributed by atoms with Gasteiger partial charge in [0, 0.05) is 6.04 Å². The third-order valence-electron chi connectivity index (χ3n) is 4.15. The maximum absolute atomic E-state index is 5.86. The number of fused-ring (bicyclic) bond motifs is 1. The Hall–Kier alpha value is -1.39. The predicted octanol–water partition coefficient (Wildman–Crippen LogP) is 2.79. The van der Waals surface area contributed by atoms with E-state index in [9.17, 15) is 0 Å². The number of benzene rings is 1. The molecule has 4 heteroatoms. The molecule has 0 bridgehead atoms. The van der Waals surface area contributed by atoms with Crippen LogP contribution in [0.1, 0.15) is 31.6 Å². The lowest BCUT2D eigenvalue weighted by atomic mass is 9.99. The molecule has 108 valence electrons. The minimum absolute atomic E-state index is 0.659. The Morgan fingerprint density at radius 2 is 2.25 bits per heavy atom. The second kappa shape index (κ2) is 6.37. The van der Waals surface area contributed by atoms with Gasteiger partial charge in [-0.15, -0.1) is 0 Å². The normalized spacial score (nSPS) is 20.6. The number of rotatable bonds is 5. The molecule has 1 aliphatic rings. The van der Waals surface area contributed by atoms with Gasteiger partial charge in [-0.1, -0.05) is 18.6 Å². The molecule has 1 aromatic heterocycles. The SMILES string of the molecule is CNCCC1CCCCN1Cc1nc2ccccc2o1. The number of hydrogen-bond donors (Lipinski definition) is 1. The summed E-state index contributed by atoms with van der Waals surface area (Å²) in [5, 5.41) is 3.26. The van der Waals surface area contributed by atoms with E-state index in [2.05, 4.69) is 15.2 Å². The van der Waals surface area contributed by atoms with Gasteiger partial charge in [0.05, 0.1) is 6.54 Å². The van der Waals surface area contributed by atoms with Crippen molar-refractivity contribution in [1.29, 1.82) is 0 Å². The molecular weight excluding hydrogens is 250 g/mol. The Morgan fingerprint density at radius 1 is 1.35 bits per heavy atom. The van der Waals surface area contributed by atoms with E-state index in [1.54, 1.807) is 0 Å². The fraction of sp³-hybridized carbons (Fsp3) is 0.562. The number of aromatic nitrogens is 1. The van der Waals surface area contributed by atoms with Gasteiger partial charge in [-0.2, -0.15) is 0 Å². The van der Waals surface area contributed by atoms with E-state index in [1.807, 2.05) is 31.3 Å². The summed E-state index contributed by atoms with van der Waals surface area (Å²) in [6.07, 6.45) is 5.13. The van der Waals surface area contributed by atoms with E-state index in [1.165, 1.54) is 25.7 Å². The van der Waals surface area contributed by atoms with Crippen LogP contribution in [-0.2, 0) is 6.54 Å². The third-order valence-corrected chi connectivity index (χ3v) is 4.15. The molecule has 0 aliphatic carbocycles. The van der Waals surface area contributed by atoms with Crippen LogP contribution in [0, 0.1) is 0 Å². The van der Waals surface area contributed by atoms with Gasteiger partial charge in [-0.05, 0) is 51.5 Å². The highest BCUT2D eigenvalue weighted by atomic mass is 16.3. The molecule has 0 amide bonds. The summed E-state index contributed by atoms with van der Waals surface area (Å²) in [7, 11) is 2.02. The second-order valence-corrected chi connectivity index (χ2v) is 5.59. The van der Waals surface area contributed by atoms with Gasteiger partial charge >= 0.3 is 0 Å². The highest BCUT2D eigenvalue weighted by Gasteiger charge is 2.23. The summed E-state index contributed by atoms with van der Waals surface area (Å²) in [5.74, 6) is 0.850. The number of likely N-dealkylation sites (tertiary alicyclic amines) is 1. The van der Waals surface area contributed by atoms with Gasteiger partial charge in [0.2, 0.25) is 5.89 Å². The molecule has 2 aromatic rings. The van der Waals surface area contributed by atoms with E-state index in [0.29, 0.717) is 6.04 Å². The average Bonchev–Trinajstić information content (AvgIpc) is 2.88. The summed E-state index contributed by atoms with van der Waals surface area (Å²) in [6.45, 7) is 3.07. The Bertz CT molecular complexity index is 518. The molecule has 3 rings (SSSR count). The first-order valence-electron chi connectivity index (χ1n) is 7.60. The van der Waals surface area contributed by atoms with Crippen LogP contribution in [0.3, 0.4) is 0 Å². The zero-order chi connectivity index (χ0) is 13.8. The molecular formula is C16H23N3O. The Labute approximate surface area is 120 Å². The molecule has 1 aliphatic heterocycles. The summed E-state index contributed by atoms with van der Waals surface area (Å²) < 4.78 is 5.86. The van der Waals surface area contributed by atoms with Crippen molar-refractivity contribution in [2.75, 3.05) is 20.1 Å². The van der Waals surface area contributed by atoms with Gasteiger partial charge < -0.3 is 9.73 Å². The lowest BCUT2D eigenvalue weighted by Gasteiger charge is -2.34. The molecule has 0 radical (unpaired) electrons. The average molecular weight is 273 g/mol. The van der Waals surface area contributed by atoms with E-state index < -0.39 is 0 Å². The van der Waals surface area contributed by atoms with Crippen molar-refractivity contribution in [3.63, 3.8) is 0 Å². The van der Waals surface area contributed by atoms with Crippen LogP contribution < -0.4 is 5.32 Å². The van der Waals surface area contributed by atoms with Gasteiger partial charge in [0.25, 0.3) is 0 Å². The van der Waals surface area contributed by atoms with Crippen molar-refractivity contribution in [3.05, 3.63) is 30.2 Å². The standard InChI is InChI=1S/C16H23N3O/c1-17-10-9-13-6-4-5-11-19(13)12-16-18-14-7-2-3-8-15(14)20-16/h2-3,7-8,13,17H,4-6,9-12H2,1H3. The minimum Gasteiger partial charge on any atom is -0.439 e. The molecule has 0 saturated carbocycles. The van der Waals surface area contributed by atoms with Gasteiger partial charge in [0.15, 0.2) is 5.58 Å². The summed E-state index contributed by atoms with van der Waals surface area (Å²) in [5.41, 5.74) is 1.86. The van der Waals surface area contributed by atoms with Crippen LogP contribution in [0.5, 0.6) is 0 Å².